The van der Waals surface area contributed by atoms with Crippen LogP contribution < -0.4 is 5.73 Å². The van der Waals surface area contributed by atoms with Gasteiger partial charge in [-0.2, -0.15) is 13.2 Å². The second-order valence-electron chi connectivity index (χ2n) is 4.04. The first-order valence-electron chi connectivity index (χ1n) is 5.71. The molecule has 19 heavy (non-hydrogen) atoms. The van der Waals surface area contributed by atoms with Gasteiger partial charge in [0.2, 0.25) is 0 Å². The number of nitrogens with two attached hydrogens (primary N) is 1. The molecule has 0 radical (unpaired) electrons. The molecule has 0 aliphatic heterocycles. The first-order chi connectivity index (χ1) is 8.90. The molecule has 0 bridgehead atoms. The van der Waals surface area contributed by atoms with E-state index in [1.807, 2.05) is 6.92 Å². The molecule has 0 fully saturated rings. The first-order valence-corrected chi connectivity index (χ1v) is 5.71. The second-order valence-corrected chi connectivity index (χ2v) is 4.04. The van der Waals surface area contributed by atoms with Crippen LogP contribution in [0.1, 0.15) is 18.2 Å². The molecule has 0 aliphatic carbocycles. The molecule has 2 rings (SSSR count). The van der Waals surface area contributed by atoms with Gasteiger partial charge in [0.15, 0.2) is 5.82 Å². The van der Waals surface area contributed by atoms with Crippen LogP contribution in [0, 0.1) is 0 Å². The maximum atomic E-state index is 12.5. The van der Waals surface area contributed by atoms with Crippen LogP contribution in [0.25, 0.3) is 11.4 Å². The maximum absolute atomic E-state index is 12.5. The minimum Gasteiger partial charge on any atom is -0.384 e. The summed E-state index contributed by atoms with van der Waals surface area (Å²) >= 11 is 0. The number of aryl methyl sites for hydroxylation is 1. The Morgan fingerprint density at radius 3 is 2.26 bits per heavy atom. The van der Waals surface area contributed by atoms with Crippen LogP contribution in [-0.4, -0.2) is 9.97 Å². The molecule has 0 saturated heterocycles. The Kier molecular flexibility index (Phi) is 3.42. The number of alkyl halides is 3. The third-order valence-electron chi connectivity index (χ3n) is 2.63. The summed E-state index contributed by atoms with van der Waals surface area (Å²) < 4.78 is 37.4. The number of hydrogen-bond donors (Lipinski definition) is 1. The number of benzene rings is 1. The van der Waals surface area contributed by atoms with E-state index in [0.717, 1.165) is 17.8 Å². The molecule has 0 saturated carbocycles. The lowest BCUT2D eigenvalue weighted by molar-refractivity contribution is -0.137. The van der Waals surface area contributed by atoms with Gasteiger partial charge in [-0.3, -0.25) is 0 Å². The van der Waals surface area contributed by atoms with Crippen molar-refractivity contribution < 1.29 is 13.2 Å². The summed E-state index contributed by atoms with van der Waals surface area (Å²) in [5, 5.41) is 0. The highest BCUT2D eigenvalue weighted by Crippen LogP contribution is 2.30. The molecular formula is C13H12F3N3. The highest BCUT2D eigenvalue weighted by Gasteiger charge is 2.30. The zero-order chi connectivity index (χ0) is 14.0. The van der Waals surface area contributed by atoms with Crippen molar-refractivity contribution in [1.29, 1.82) is 0 Å². The molecule has 2 N–H and O–H groups in total. The number of aromatic nitrogens is 2. The molecule has 1 aromatic carbocycles. The highest BCUT2D eigenvalue weighted by molar-refractivity contribution is 5.57. The summed E-state index contributed by atoms with van der Waals surface area (Å²) in [4.78, 5) is 8.27. The van der Waals surface area contributed by atoms with Crippen molar-refractivity contribution >= 4 is 5.82 Å². The minimum atomic E-state index is -4.34. The van der Waals surface area contributed by atoms with Gasteiger partial charge in [-0.05, 0) is 18.6 Å². The molecule has 0 atom stereocenters. The van der Waals surface area contributed by atoms with Crippen molar-refractivity contribution in [2.75, 3.05) is 5.73 Å². The fourth-order valence-corrected chi connectivity index (χ4v) is 1.64. The minimum absolute atomic E-state index is 0.307. The predicted molar refractivity (Wildman–Crippen MR) is 66.3 cm³/mol. The van der Waals surface area contributed by atoms with Gasteiger partial charge in [0, 0.05) is 17.3 Å². The van der Waals surface area contributed by atoms with E-state index in [2.05, 4.69) is 9.97 Å². The van der Waals surface area contributed by atoms with Crippen LogP contribution in [0.4, 0.5) is 19.0 Å². The molecule has 6 heteroatoms. The molecule has 0 amide bonds. The van der Waals surface area contributed by atoms with Crippen molar-refractivity contribution in [1.82, 2.24) is 9.97 Å². The Morgan fingerprint density at radius 2 is 1.74 bits per heavy atom. The van der Waals surface area contributed by atoms with Gasteiger partial charge in [-0.15, -0.1) is 0 Å². The Hall–Kier alpha value is -2.11. The van der Waals surface area contributed by atoms with Crippen LogP contribution >= 0.6 is 0 Å². The van der Waals surface area contributed by atoms with Gasteiger partial charge < -0.3 is 5.73 Å². The lowest BCUT2D eigenvalue weighted by Gasteiger charge is -2.08. The topological polar surface area (TPSA) is 51.8 Å². The Balaban J connectivity index is 2.40. The van der Waals surface area contributed by atoms with E-state index in [4.69, 9.17) is 5.73 Å². The fraction of sp³-hybridized carbons (Fsp3) is 0.231. The van der Waals surface area contributed by atoms with Gasteiger partial charge >= 0.3 is 6.18 Å². The van der Waals surface area contributed by atoms with Crippen LogP contribution in [0.5, 0.6) is 0 Å². The van der Waals surface area contributed by atoms with E-state index < -0.39 is 11.7 Å². The summed E-state index contributed by atoms with van der Waals surface area (Å²) in [5.74, 6) is 0.646. The number of nitrogen functional groups attached to an aromatic ring is 1. The number of halogens is 3. The number of hydrogen-bond acceptors (Lipinski definition) is 3. The van der Waals surface area contributed by atoms with E-state index in [1.165, 1.54) is 12.1 Å². The van der Waals surface area contributed by atoms with Gasteiger partial charge in [0.25, 0.3) is 0 Å². The normalized spacial score (nSPS) is 11.6. The summed E-state index contributed by atoms with van der Waals surface area (Å²) in [5.41, 5.74) is 6.20. The fourth-order valence-electron chi connectivity index (χ4n) is 1.64. The van der Waals surface area contributed by atoms with E-state index in [0.29, 0.717) is 23.6 Å². The molecule has 2 aromatic rings. The third-order valence-corrected chi connectivity index (χ3v) is 2.63. The lowest BCUT2D eigenvalue weighted by atomic mass is 10.1. The molecule has 0 unspecified atom stereocenters. The summed E-state index contributed by atoms with van der Waals surface area (Å²) in [7, 11) is 0. The molecule has 0 aliphatic rings. The third kappa shape index (κ3) is 3.01. The van der Waals surface area contributed by atoms with Gasteiger partial charge in [0.1, 0.15) is 5.82 Å². The maximum Gasteiger partial charge on any atom is 0.416 e. The number of nitrogens with zero attached hydrogens (tertiary/aromatic N) is 2. The van der Waals surface area contributed by atoms with Crippen molar-refractivity contribution in [3.05, 3.63) is 41.6 Å². The van der Waals surface area contributed by atoms with Gasteiger partial charge in [0.05, 0.1) is 5.56 Å². The van der Waals surface area contributed by atoms with Crippen LogP contribution in [0.3, 0.4) is 0 Å². The molecular weight excluding hydrogens is 255 g/mol. The number of anilines is 1. The van der Waals surface area contributed by atoms with Crippen LogP contribution in [-0.2, 0) is 12.6 Å². The lowest BCUT2D eigenvalue weighted by Crippen LogP contribution is -2.04. The Morgan fingerprint density at radius 1 is 1.11 bits per heavy atom. The molecule has 3 nitrogen and oxygen atoms in total. The Labute approximate surface area is 108 Å². The standard InChI is InChI=1S/C13H12F3N3/c1-2-10-7-11(17)19-12(18-10)8-3-5-9(6-4-8)13(14,15)16/h3-7H,2H2,1H3,(H2,17,18,19). The zero-order valence-electron chi connectivity index (χ0n) is 10.2. The summed E-state index contributed by atoms with van der Waals surface area (Å²) in [6.45, 7) is 1.91. The Bertz CT molecular complexity index is 577. The van der Waals surface area contributed by atoms with Crippen molar-refractivity contribution in [2.24, 2.45) is 0 Å². The van der Waals surface area contributed by atoms with E-state index in [1.54, 1.807) is 6.07 Å². The molecule has 1 aromatic heterocycles. The first kappa shape index (κ1) is 13.3. The molecule has 1 heterocycles. The average molecular weight is 267 g/mol. The summed E-state index contributed by atoms with van der Waals surface area (Å²) in [6.07, 6.45) is -3.66. The smallest absolute Gasteiger partial charge is 0.384 e. The second kappa shape index (κ2) is 4.87. The SMILES string of the molecule is CCc1cc(N)nc(-c2ccc(C(F)(F)F)cc2)n1. The molecule has 100 valence electrons. The van der Waals surface area contributed by atoms with E-state index in [9.17, 15) is 13.2 Å². The van der Waals surface area contributed by atoms with Crippen LogP contribution in [0.2, 0.25) is 0 Å². The van der Waals surface area contributed by atoms with Gasteiger partial charge in [-0.25, -0.2) is 9.97 Å². The van der Waals surface area contributed by atoms with E-state index >= 15 is 0 Å². The van der Waals surface area contributed by atoms with E-state index in [-0.39, 0.29) is 0 Å². The highest BCUT2D eigenvalue weighted by atomic mass is 19.4. The zero-order valence-corrected chi connectivity index (χ0v) is 10.2. The molecule has 0 spiro atoms. The van der Waals surface area contributed by atoms with Crippen molar-refractivity contribution in [3.8, 4) is 11.4 Å². The average Bonchev–Trinajstić information content (AvgIpc) is 2.37. The quantitative estimate of drug-likeness (QED) is 0.908. The van der Waals surface area contributed by atoms with Crippen LogP contribution in [0.15, 0.2) is 30.3 Å². The van der Waals surface area contributed by atoms with Crippen molar-refractivity contribution in [2.45, 2.75) is 19.5 Å². The van der Waals surface area contributed by atoms with Crippen molar-refractivity contribution in [3.63, 3.8) is 0 Å². The largest absolute Gasteiger partial charge is 0.416 e. The predicted octanol–water partition coefficient (Wildman–Crippen LogP) is 3.31. The monoisotopic (exact) mass is 267 g/mol. The summed E-state index contributed by atoms with van der Waals surface area (Å²) in [6, 6.07) is 6.35. The van der Waals surface area contributed by atoms with Gasteiger partial charge in [-0.1, -0.05) is 19.1 Å². The number of rotatable bonds is 2.